The second-order valence-corrected chi connectivity index (χ2v) is 13.9. The molecular weight excluding hydrogens is 633 g/mol. The Morgan fingerprint density at radius 2 is 1.76 bits per heavy atom. The van der Waals surface area contributed by atoms with Crippen LogP contribution >= 0.6 is 0 Å². The Kier molecular flexibility index (Phi) is 13.8. The van der Waals surface area contributed by atoms with Crippen molar-refractivity contribution in [3.63, 3.8) is 0 Å². The number of ether oxygens (including phenoxy) is 2. The number of unbranched alkanes of at least 4 members (excludes halogenated alkanes) is 1. The summed E-state index contributed by atoms with van der Waals surface area (Å²) in [6.07, 6.45) is 10.7. The molecule has 0 fully saturated rings. The van der Waals surface area contributed by atoms with Gasteiger partial charge in [0.1, 0.15) is 12.4 Å². The molecule has 0 saturated carbocycles. The highest BCUT2D eigenvalue weighted by Crippen LogP contribution is 2.33. The zero-order chi connectivity index (χ0) is 34.4. The molecule has 8 nitrogen and oxygen atoms in total. The molecule has 1 aromatic heterocycles. The lowest BCUT2D eigenvalue weighted by atomic mass is 9.96. The Balaban J connectivity index is 1.27. The van der Waals surface area contributed by atoms with E-state index in [0.29, 0.717) is 36.0 Å². The predicted molar refractivity (Wildman–Crippen MR) is 201 cm³/mol. The number of carbonyl (C=O) groups excluding carboxylic acids is 1. The highest BCUT2D eigenvalue weighted by Gasteiger charge is 2.20. The summed E-state index contributed by atoms with van der Waals surface area (Å²) in [6, 6.07) is 21.9. The summed E-state index contributed by atoms with van der Waals surface area (Å²) < 4.78 is 24.5. The number of benzene rings is 3. The third-order valence-electron chi connectivity index (χ3n) is 8.52. The second kappa shape index (κ2) is 18.6. The number of nitrogens with zero attached hydrogens (tertiary/aromatic N) is 2. The number of amides is 1. The van der Waals surface area contributed by atoms with Gasteiger partial charge in [-0.3, -0.25) is 4.79 Å². The molecule has 2 N–H and O–H groups in total. The van der Waals surface area contributed by atoms with E-state index in [0.717, 1.165) is 103 Å². The van der Waals surface area contributed by atoms with E-state index in [2.05, 4.69) is 71.3 Å². The van der Waals surface area contributed by atoms with Gasteiger partial charge >= 0.3 is 0 Å². The molecule has 0 saturated heterocycles. The van der Waals surface area contributed by atoms with Crippen molar-refractivity contribution in [2.24, 2.45) is 0 Å². The first-order valence-electron chi connectivity index (χ1n) is 17.7. The van der Waals surface area contributed by atoms with Crippen LogP contribution in [-0.4, -0.2) is 53.3 Å². The molecule has 260 valence electrons. The minimum atomic E-state index is -1.24. The number of nitrogens with one attached hydrogen (secondary N) is 2. The van der Waals surface area contributed by atoms with Gasteiger partial charge in [-0.1, -0.05) is 51.8 Å². The fourth-order valence-electron chi connectivity index (χ4n) is 5.94. The van der Waals surface area contributed by atoms with Crippen molar-refractivity contribution in [1.29, 1.82) is 0 Å². The fourth-order valence-corrected chi connectivity index (χ4v) is 6.94. The van der Waals surface area contributed by atoms with Crippen molar-refractivity contribution < 1.29 is 18.8 Å². The zero-order valence-corrected chi connectivity index (χ0v) is 30.0. The number of hydrogen-bond donors (Lipinski definition) is 2. The monoisotopic (exact) mass is 682 g/mol. The molecule has 49 heavy (non-hydrogen) atoms. The van der Waals surface area contributed by atoms with Gasteiger partial charge in [0.2, 0.25) is 0 Å². The third kappa shape index (κ3) is 10.5. The molecule has 1 amide bonds. The van der Waals surface area contributed by atoms with Gasteiger partial charge in [0, 0.05) is 42.8 Å². The van der Waals surface area contributed by atoms with Crippen molar-refractivity contribution in [3.8, 4) is 16.9 Å². The van der Waals surface area contributed by atoms with E-state index in [1.807, 2.05) is 48.7 Å². The van der Waals surface area contributed by atoms with Gasteiger partial charge < -0.3 is 29.2 Å². The highest BCUT2D eigenvalue weighted by molar-refractivity contribution is 7.90. The number of rotatable bonds is 17. The zero-order valence-electron chi connectivity index (χ0n) is 29.1. The maximum absolute atomic E-state index is 13.6. The number of fused-ring (bicyclic) bond motifs is 1. The first-order chi connectivity index (χ1) is 24.0. The molecule has 0 aliphatic carbocycles. The van der Waals surface area contributed by atoms with Crippen LogP contribution in [0.5, 0.6) is 5.75 Å². The van der Waals surface area contributed by atoms with E-state index >= 15 is 0 Å². The molecular formula is C40H50N4O4S. The minimum absolute atomic E-state index is 0.117. The SMILES string of the molecule is CCCCOCCOc1ccc(-c2ccc3c(c2)/C=C(/C(=O)Nc2ccc([S+]([O-])Cc4nc(CCC)c[nH]4)cc2)CCCN3CCC)cc1. The van der Waals surface area contributed by atoms with Crippen LogP contribution in [0.3, 0.4) is 0 Å². The maximum Gasteiger partial charge on any atom is 0.251 e. The van der Waals surface area contributed by atoms with Crippen LogP contribution in [0.1, 0.15) is 76.4 Å². The molecule has 3 aromatic carbocycles. The molecule has 4 aromatic rings. The lowest BCUT2D eigenvalue weighted by molar-refractivity contribution is -0.112. The van der Waals surface area contributed by atoms with Crippen molar-refractivity contribution in [2.75, 3.05) is 43.1 Å². The standard InChI is InChI=1S/C40H50N4O4S/c1-4-7-23-47-24-25-48-36-16-11-30(12-17-36)31-13-20-38-33(26-31)27-32(10-8-22-44(38)21-6-3)40(45)43-34-14-18-37(19-15-34)49(46)29-39-41-28-35(42-39)9-5-2/h11-20,26-28H,4-10,21-25,29H2,1-3H3,(H,41,42)(H,43,45)/b32-27+. The number of anilines is 2. The number of aromatic nitrogens is 2. The van der Waals surface area contributed by atoms with E-state index in [1.165, 1.54) is 0 Å². The summed E-state index contributed by atoms with van der Waals surface area (Å²) in [5.74, 6) is 1.75. The van der Waals surface area contributed by atoms with Crippen molar-refractivity contribution in [3.05, 3.63) is 95.6 Å². The molecule has 9 heteroatoms. The van der Waals surface area contributed by atoms with Gasteiger partial charge in [-0.05, 0) is 115 Å². The molecule has 0 radical (unpaired) electrons. The average Bonchev–Trinajstić information content (AvgIpc) is 3.55. The quantitative estimate of drug-likeness (QED) is 0.0855. The summed E-state index contributed by atoms with van der Waals surface area (Å²) in [4.78, 5) is 24.4. The lowest BCUT2D eigenvalue weighted by Gasteiger charge is -2.29. The van der Waals surface area contributed by atoms with Crippen LogP contribution in [0.2, 0.25) is 0 Å². The van der Waals surface area contributed by atoms with E-state index in [-0.39, 0.29) is 5.91 Å². The number of H-pyrrole nitrogens is 1. The Morgan fingerprint density at radius 1 is 0.959 bits per heavy atom. The highest BCUT2D eigenvalue weighted by atomic mass is 32.2. The summed E-state index contributed by atoms with van der Waals surface area (Å²) >= 11 is -1.24. The van der Waals surface area contributed by atoms with Crippen molar-refractivity contribution in [2.45, 2.75) is 76.4 Å². The largest absolute Gasteiger partial charge is 0.611 e. The molecule has 5 rings (SSSR count). The number of imidazole rings is 1. The fraction of sp³-hybridized carbons (Fsp3) is 0.400. The Morgan fingerprint density at radius 3 is 2.51 bits per heavy atom. The molecule has 1 unspecified atom stereocenters. The average molecular weight is 683 g/mol. The Hall–Kier alpha value is -4.05. The van der Waals surface area contributed by atoms with Crippen LogP contribution in [0.15, 0.2) is 83.4 Å². The molecule has 1 aliphatic rings. The smallest absolute Gasteiger partial charge is 0.251 e. The molecule has 2 heterocycles. The van der Waals surface area contributed by atoms with Gasteiger partial charge in [-0.15, -0.1) is 0 Å². The summed E-state index contributed by atoms with van der Waals surface area (Å²) in [7, 11) is 0. The van der Waals surface area contributed by atoms with Crippen molar-refractivity contribution in [1.82, 2.24) is 9.97 Å². The molecule has 0 spiro atoms. The lowest BCUT2D eigenvalue weighted by Crippen LogP contribution is -2.28. The van der Waals surface area contributed by atoms with E-state index in [4.69, 9.17) is 9.47 Å². The van der Waals surface area contributed by atoms with Crippen LogP contribution in [0, 0.1) is 0 Å². The van der Waals surface area contributed by atoms with Crippen LogP contribution in [0.4, 0.5) is 11.4 Å². The van der Waals surface area contributed by atoms with E-state index in [1.54, 1.807) is 0 Å². The topological polar surface area (TPSA) is 103 Å². The third-order valence-corrected chi connectivity index (χ3v) is 9.85. The number of aromatic amines is 1. The number of hydrogen-bond acceptors (Lipinski definition) is 6. The maximum atomic E-state index is 13.6. The van der Waals surface area contributed by atoms with Crippen LogP contribution in [0.25, 0.3) is 17.2 Å². The molecule has 0 bridgehead atoms. The Bertz CT molecular complexity index is 1650. The summed E-state index contributed by atoms with van der Waals surface area (Å²) in [5.41, 5.74) is 6.76. The first kappa shape index (κ1) is 36.2. The van der Waals surface area contributed by atoms with E-state index < -0.39 is 11.2 Å². The summed E-state index contributed by atoms with van der Waals surface area (Å²) in [6.45, 7) is 10.2. The first-order valence-corrected chi connectivity index (χ1v) is 19.0. The van der Waals surface area contributed by atoms with Gasteiger partial charge in [-0.2, -0.15) is 0 Å². The molecule has 1 aliphatic heterocycles. The predicted octanol–water partition coefficient (Wildman–Crippen LogP) is 8.56. The van der Waals surface area contributed by atoms with Gasteiger partial charge in [0.15, 0.2) is 16.5 Å². The second-order valence-electron chi connectivity index (χ2n) is 12.4. The van der Waals surface area contributed by atoms with Gasteiger partial charge in [0.05, 0.1) is 12.3 Å². The van der Waals surface area contributed by atoms with E-state index in [9.17, 15) is 9.35 Å². The Labute approximate surface area is 294 Å². The number of aryl methyl sites for hydroxylation is 1. The van der Waals surface area contributed by atoms with Crippen LogP contribution < -0.4 is 15.0 Å². The normalized spacial score (nSPS) is 14.7. The molecule has 1 atom stereocenters. The summed E-state index contributed by atoms with van der Waals surface area (Å²) in [5, 5.41) is 3.08. The van der Waals surface area contributed by atoms with Gasteiger partial charge in [0.25, 0.3) is 5.91 Å². The number of carbonyl (C=O) groups is 1. The van der Waals surface area contributed by atoms with Gasteiger partial charge in [-0.25, -0.2) is 4.98 Å². The van der Waals surface area contributed by atoms with Crippen LogP contribution in [-0.2, 0) is 32.9 Å². The van der Waals surface area contributed by atoms with Crippen molar-refractivity contribution >= 4 is 34.5 Å². The minimum Gasteiger partial charge on any atom is -0.611 e.